The third-order valence-corrected chi connectivity index (χ3v) is 5.50. The fraction of sp³-hybridized carbons (Fsp3) is 0.550. The van der Waals surface area contributed by atoms with Gasteiger partial charge < -0.3 is 14.9 Å². The number of piperazine rings is 1. The van der Waals surface area contributed by atoms with Crippen LogP contribution in [0.25, 0.3) is 0 Å². The minimum absolute atomic E-state index is 0.0726. The Morgan fingerprint density at radius 2 is 1.79 bits per heavy atom. The monoisotopic (exact) mass is 328 g/mol. The normalized spacial score (nSPS) is 25.3. The summed E-state index contributed by atoms with van der Waals surface area (Å²) in [6, 6.07) is 7.41. The van der Waals surface area contributed by atoms with Crippen LogP contribution in [-0.2, 0) is 4.79 Å². The molecule has 2 unspecified atom stereocenters. The van der Waals surface area contributed by atoms with Gasteiger partial charge in [0, 0.05) is 26.2 Å². The van der Waals surface area contributed by atoms with E-state index in [0.29, 0.717) is 17.6 Å². The van der Waals surface area contributed by atoms with Crippen LogP contribution >= 0.6 is 0 Å². The van der Waals surface area contributed by atoms with E-state index in [0.717, 1.165) is 31.9 Å². The maximum absolute atomic E-state index is 12.9. The second kappa shape index (κ2) is 6.15. The number of benzene rings is 1. The SMILES string of the molecule is CC(C)=CC1C(C(=O)N2CCN(c3ccccc3O)CC2)C1(C)C. The number of phenolic OH excluding ortho intramolecular Hbond substituents is 1. The van der Waals surface area contributed by atoms with Crippen LogP contribution in [0.5, 0.6) is 5.75 Å². The van der Waals surface area contributed by atoms with Crippen LogP contribution < -0.4 is 4.90 Å². The smallest absolute Gasteiger partial charge is 0.226 e. The van der Waals surface area contributed by atoms with Gasteiger partial charge in [-0.1, -0.05) is 37.6 Å². The summed E-state index contributed by atoms with van der Waals surface area (Å²) in [5.74, 6) is 1.08. The average molecular weight is 328 g/mol. The number of carbonyl (C=O) groups excluding carboxylic acids is 1. The number of carbonyl (C=O) groups is 1. The molecule has 1 aliphatic carbocycles. The van der Waals surface area contributed by atoms with E-state index in [4.69, 9.17) is 0 Å². The molecule has 2 fully saturated rings. The van der Waals surface area contributed by atoms with Crippen molar-refractivity contribution in [2.75, 3.05) is 31.1 Å². The zero-order valence-electron chi connectivity index (χ0n) is 15.1. The number of rotatable bonds is 3. The lowest BCUT2D eigenvalue weighted by atomic mass is 10.1. The summed E-state index contributed by atoms with van der Waals surface area (Å²) in [5, 5.41) is 9.99. The number of hydrogen-bond donors (Lipinski definition) is 1. The molecule has 1 aromatic carbocycles. The molecule has 2 aliphatic rings. The van der Waals surface area contributed by atoms with Crippen molar-refractivity contribution in [3.05, 3.63) is 35.9 Å². The zero-order chi connectivity index (χ0) is 17.5. The lowest BCUT2D eigenvalue weighted by Gasteiger charge is -2.36. The van der Waals surface area contributed by atoms with E-state index >= 15 is 0 Å². The van der Waals surface area contributed by atoms with Crippen LogP contribution in [-0.4, -0.2) is 42.1 Å². The molecule has 1 saturated heterocycles. The van der Waals surface area contributed by atoms with Gasteiger partial charge in [0.1, 0.15) is 5.75 Å². The van der Waals surface area contributed by atoms with Crippen molar-refractivity contribution < 1.29 is 9.90 Å². The number of anilines is 1. The van der Waals surface area contributed by atoms with Crippen LogP contribution in [0, 0.1) is 17.3 Å². The Morgan fingerprint density at radius 3 is 2.38 bits per heavy atom. The molecular formula is C20H28N2O2. The molecule has 24 heavy (non-hydrogen) atoms. The maximum atomic E-state index is 12.9. The van der Waals surface area contributed by atoms with Gasteiger partial charge in [-0.15, -0.1) is 0 Å². The highest BCUT2D eigenvalue weighted by molar-refractivity contribution is 5.84. The standard InChI is InChI=1S/C20H28N2O2/c1-14(2)13-15-18(20(15,3)4)19(24)22-11-9-21(10-12-22)16-7-5-6-8-17(16)23/h5-8,13,15,18,23H,9-12H2,1-4H3. The molecule has 1 heterocycles. The topological polar surface area (TPSA) is 43.8 Å². The van der Waals surface area contributed by atoms with Crippen LogP contribution in [0.2, 0.25) is 0 Å². The summed E-state index contributed by atoms with van der Waals surface area (Å²) in [7, 11) is 0. The van der Waals surface area contributed by atoms with Gasteiger partial charge >= 0.3 is 0 Å². The first kappa shape index (κ1) is 16.9. The van der Waals surface area contributed by atoms with Crippen molar-refractivity contribution in [2.45, 2.75) is 27.7 Å². The van der Waals surface area contributed by atoms with Gasteiger partial charge in [-0.2, -0.15) is 0 Å². The number of phenols is 1. The summed E-state index contributed by atoms with van der Waals surface area (Å²) in [6.07, 6.45) is 2.25. The van der Waals surface area contributed by atoms with E-state index in [1.54, 1.807) is 6.07 Å². The van der Waals surface area contributed by atoms with Gasteiger partial charge in [0.15, 0.2) is 0 Å². The average Bonchev–Trinajstić information content (AvgIpc) is 3.07. The second-order valence-corrected chi connectivity index (χ2v) is 7.87. The molecule has 130 valence electrons. The fourth-order valence-electron chi connectivity index (χ4n) is 3.92. The summed E-state index contributed by atoms with van der Waals surface area (Å²) < 4.78 is 0. The lowest BCUT2D eigenvalue weighted by molar-refractivity contribution is -0.133. The van der Waals surface area contributed by atoms with Gasteiger partial charge in [-0.3, -0.25) is 4.79 Å². The fourth-order valence-corrected chi connectivity index (χ4v) is 3.92. The first-order chi connectivity index (χ1) is 11.3. The van der Waals surface area contributed by atoms with E-state index < -0.39 is 0 Å². The molecule has 0 radical (unpaired) electrons. The highest BCUT2D eigenvalue weighted by Gasteiger charge is 2.61. The van der Waals surface area contributed by atoms with Gasteiger partial charge in [-0.05, 0) is 37.3 Å². The van der Waals surface area contributed by atoms with Crippen molar-refractivity contribution >= 4 is 11.6 Å². The predicted molar refractivity (Wildman–Crippen MR) is 97.1 cm³/mol. The molecule has 1 saturated carbocycles. The quantitative estimate of drug-likeness (QED) is 0.866. The number of amides is 1. The minimum Gasteiger partial charge on any atom is -0.506 e. The van der Waals surface area contributed by atoms with Crippen LogP contribution in [0.15, 0.2) is 35.9 Å². The molecule has 0 bridgehead atoms. The first-order valence-electron chi connectivity index (χ1n) is 8.79. The lowest BCUT2D eigenvalue weighted by Crippen LogP contribution is -2.49. The summed E-state index contributed by atoms with van der Waals surface area (Å²) in [4.78, 5) is 17.1. The first-order valence-corrected chi connectivity index (χ1v) is 8.79. The second-order valence-electron chi connectivity index (χ2n) is 7.87. The van der Waals surface area contributed by atoms with Crippen molar-refractivity contribution in [3.8, 4) is 5.75 Å². The zero-order valence-corrected chi connectivity index (χ0v) is 15.1. The number of aromatic hydroxyl groups is 1. The molecule has 1 N–H and O–H groups in total. The molecular weight excluding hydrogens is 300 g/mol. The molecule has 1 aliphatic heterocycles. The van der Waals surface area contributed by atoms with Gasteiger partial charge in [0.05, 0.1) is 11.6 Å². The molecule has 4 heteroatoms. The van der Waals surface area contributed by atoms with E-state index in [1.165, 1.54) is 5.57 Å². The van der Waals surface area contributed by atoms with Gasteiger partial charge in [-0.25, -0.2) is 0 Å². The Morgan fingerprint density at radius 1 is 1.17 bits per heavy atom. The van der Waals surface area contributed by atoms with E-state index in [2.05, 4.69) is 38.7 Å². The van der Waals surface area contributed by atoms with Crippen LogP contribution in [0.3, 0.4) is 0 Å². The Balaban J connectivity index is 1.62. The third-order valence-electron chi connectivity index (χ3n) is 5.50. The molecule has 0 spiro atoms. The van der Waals surface area contributed by atoms with Crippen LogP contribution in [0.4, 0.5) is 5.69 Å². The van der Waals surface area contributed by atoms with Crippen molar-refractivity contribution in [1.29, 1.82) is 0 Å². The van der Waals surface area contributed by atoms with E-state index in [-0.39, 0.29) is 11.3 Å². The molecule has 4 nitrogen and oxygen atoms in total. The van der Waals surface area contributed by atoms with Gasteiger partial charge in [0.25, 0.3) is 0 Å². The number of nitrogens with zero attached hydrogens (tertiary/aromatic N) is 2. The minimum atomic E-state index is 0.0726. The Kier molecular flexibility index (Phi) is 4.33. The molecule has 1 amide bonds. The Labute approximate surface area is 144 Å². The molecule has 3 rings (SSSR count). The maximum Gasteiger partial charge on any atom is 0.226 e. The largest absolute Gasteiger partial charge is 0.506 e. The number of hydrogen-bond acceptors (Lipinski definition) is 3. The summed E-state index contributed by atoms with van der Waals surface area (Å²) >= 11 is 0. The van der Waals surface area contributed by atoms with Crippen molar-refractivity contribution in [2.24, 2.45) is 17.3 Å². The molecule has 1 aromatic rings. The Bertz CT molecular complexity index is 653. The van der Waals surface area contributed by atoms with Crippen molar-refractivity contribution in [3.63, 3.8) is 0 Å². The third kappa shape index (κ3) is 3.02. The summed E-state index contributed by atoms with van der Waals surface area (Å²) in [6.45, 7) is 11.6. The molecule has 0 aromatic heterocycles. The molecule has 2 atom stereocenters. The number of para-hydroxylation sites is 2. The Hall–Kier alpha value is -1.97. The van der Waals surface area contributed by atoms with Crippen LogP contribution in [0.1, 0.15) is 27.7 Å². The van der Waals surface area contributed by atoms with Gasteiger partial charge in [0.2, 0.25) is 5.91 Å². The summed E-state index contributed by atoms with van der Waals surface area (Å²) in [5.41, 5.74) is 2.22. The predicted octanol–water partition coefficient (Wildman–Crippen LogP) is 3.28. The van der Waals surface area contributed by atoms with E-state index in [1.807, 2.05) is 23.1 Å². The van der Waals surface area contributed by atoms with Crippen molar-refractivity contribution in [1.82, 2.24) is 4.90 Å². The number of allylic oxidation sites excluding steroid dienone is 2. The highest BCUT2D eigenvalue weighted by atomic mass is 16.3. The highest BCUT2D eigenvalue weighted by Crippen LogP contribution is 2.60. The van der Waals surface area contributed by atoms with E-state index in [9.17, 15) is 9.90 Å².